The Bertz CT molecular complexity index is 577. The minimum atomic E-state index is 0.0602. The smallest absolute Gasteiger partial charge is 0.270 e. The van der Waals surface area contributed by atoms with Crippen LogP contribution in [0.1, 0.15) is 28.9 Å². The number of H-pyrrole nitrogens is 1. The first-order valence-corrected chi connectivity index (χ1v) is 7.07. The van der Waals surface area contributed by atoms with Crippen molar-refractivity contribution in [3.8, 4) is 0 Å². The number of carbonyl (C=O) groups is 1. The van der Waals surface area contributed by atoms with Gasteiger partial charge in [-0.05, 0) is 52.5 Å². The van der Waals surface area contributed by atoms with Crippen molar-refractivity contribution in [3.05, 3.63) is 52.5 Å². The second-order valence-electron chi connectivity index (χ2n) is 4.75. The summed E-state index contributed by atoms with van der Waals surface area (Å²) in [5.41, 5.74) is 1.74. The summed E-state index contributed by atoms with van der Waals surface area (Å²) >= 11 is 3.36. The fourth-order valence-corrected chi connectivity index (χ4v) is 2.43. The highest BCUT2D eigenvalue weighted by atomic mass is 79.9. The van der Waals surface area contributed by atoms with Crippen molar-refractivity contribution in [2.75, 3.05) is 0 Å². The number of nitrogens with zero attached hydrogens (tertiary/aromatic N) is 2. The molecule has 2 heterocycles. The average Bonchev–Trinajstić information content (AvgIpc) is 3.18. The fraction of sp³-hybridized carbons (Fsp3) is 0.286. The third-order valence-corrected chi connectivity index (χ3v) is 3.69. The lowest BCUT2D eigenvalue weighted by Gasteiger charge is -2.21. The molecule has 0 radical (unpaired) electrons. The molecule has 0 aromatic carbocycles. The van der Waals surface area contributed by atoms with Gasteiger partial charge in [0.05, 0.1) is 0 Å². The predicted octanol–water partition coefficient (Wildman–Crippen LogP) is 2.98. The van der Waals surface area contributed by atoms with Gasteiger partial charge < -0.3 is 9.88 Å². The molecule has 98 valence electrons. The number of amides is 1. The van der Waals surface area contributed by atoms with Gasteiger partial charge in [0.2, 0.25) is 0 Å². The summed E-state index contributed by atoms with van der Waals surface area (Å²) in [6.07, 6.45) is 7.49. The summed E-state index contributed by atoms with van der Waals surface area (Å²) < 4.78 is 0.899. The van der Waals surface area contributed by atoms with Crippen molar-refractivity contribution in [1.29, 1.82) is 0 Å². The molecule has 1 aliphatic rings. The molecule has 1 saturated carbocycles. The third-order valence-electron chi connectivity index (χ3n) is 3.23. The van der Waals surface area contributed by atoms with Crippen LogP contribution in [0.25, 0.3) is 0 Å². The number of rotatable bonds is 4. The largest absolute Gasteiger partial charge is 0.356 e. The van der Waals surface area contributed by atoms with Gasteiger partial charge in [0.1, 0.15) is 5.69 Å². The van der Waals surface area contributed by atoms with Gasteiger partial charge in [-0.3, -0.25) is 9.78 Å². The van der Waals surface area contributed by atoms with Crippen molar-refractivity contribution in [1.82, 2.24) is 14.9 Å². The van der Waals surface area contributed by atoms with Gasteiger partial charge >= 0.3 is 0 Å². The second kappa shape index (κ2) is 5.17. The Hall–Kier alpha value is -1.62. The summed E-state index contributed by atoms with van der Waals surface area (Å²) in [6, 6.07) is 6.10. The quantitative estimate of drug-likeness (QED) is 0.941. The zero-order valence-electron chi connectivity index (χ0n) is 10.3. The van der Waals surface area contributed by atoms with Crippen LogP contribution >= 0.6 is 15.9 Å². The molecule has 1 fully saturated rings. The van der Waals surface area contributed by atoms with Gasteiger partial charge in [0.15, 0.2) is 0 Å². The van der Waals surface area contributed by atoms with Crippen LogP contribution in [0.3, 0.4) is 0 Å². The molecule has 2 aromatic rings. The minimum absolute atomic E-state index is 0.0602. The number of hydrogen-bond acceptors (Lipinski definition) is 2. The summed E-state index contributed by atoms with van der Waals surface area (Å²) in [5.74, 6) is 0.0602. The van der Waals surface area contributed by atoms with E-state index in [9.17, 15) is 4.79 Å². The number of pyridine rings is 1. The molecule has 3 rings (SSSR count). The zero-order valence-corrected chi connectivity index (χ0v) is 11.9. The topological polar surface area (TPSA) is 49.0 Å². The molecule has 0 spiro atoms. The van der Waals surface area contributed by atoms with Gasteiger partial charge in [-0.15, -0.1) is 0 Å². The summed E-state index contributed by atoms with van der Waals surface area (Å²) in [7, 11) is 0. The van der Waals surface area contributed by atoms with E-state index in [0.717, 1.165) is 22.9 Å². The number of halogens is 1. The predicted molar refractivity (Wildman–Crippen MR) is 75.6 cm³/mol. The van der Waals surface area contributed by atoms with Crippen molar-refractivity contribution < 1.29 is 4.79 Å². The molecule has 1 aliphatic carbocycles. The zero-order chi connectivity index (χ0) is 13.2. The summed E-state index contributed by atoms with van der Waals surface area (Å²) in [5, 5.41) is 0. The van der Waals surface area contributed by atoms with Gasteiger partial charge in [0.25, 0.3) is 5.91 Å². The highest BCUT2D eigenvalue weighted by Crippen LogP contribution is 2.30. The molecule has 0 unspecified atom stereocenters. The molecular formula is C14H14BrN3O. The monoisotopic (exact) mass is 319 g/mol. The Morgan fingerprint density at radius 1 is 1.42 bits per heavy atom. The highest BCUT2D eigenvalue weighted by Gasteiger charge is 2.33. The molecule has 0 bridgehead atoms. The number of hydrogen-bond donors (Lipinski definition) is 1. The second-order valence-corrected chi connectivity index (χ2v) is 5.67. The Labute approximate surface area is 120 Å². The van der Waals surface area contributed by atoms with Crippen LogP contribution in [0.15, 0.2) is 41.3 Å². The molecule has 0 saturated heterocycles. The van der Waals surface area contributed by atoms with E-state index in [1.165, 1.54) is 0 Å². The molecule has 0 aliphatic heterocycles. The van der Waals surface area contributed by atoms with E-state index >= 15 is 0 Å². The average molecular weight is 320 g/mol. The van der Waals surface area contributed by atoms with Crippen LogP contribution in [0, 0.1) is 0 Å². The number of carbonyl (C=O) groups excluding carboxylic acids is 1. The standard InChI is InChI=1S/C14H14BrN3O/c15-11-7-13(17-8-11)14(19)18(12-1-2-12)9-10-3-5-16-6-4-10/h3-8,12,17H,1-2,9H2. The van der Waals surface area contributed by atoms with Crippen LogP contribution in [0.2, 0.25) is 0 Å². The number of aromatic amines is 1. The van der Waals surface area contributed by atoms with E-state index in [-0.39, 0.29) is 5.91 Å². The van der Waals surface area contributed by atoms with Crippen molar-refractivity contribution >= 4 is 21.8 Å². The molecule has 2 aromatic heterocycles. The van der Waals surface area contributed by atoms with Crippen LogP contribution in [0.5, 0.6) is 0 Å². The van der Waals surface area contributed by atoms with Crippen molar-refractivity contribution in [3.63, 3.8) is 0 Å². The van der Waals surface area contributed by atoms with E-state index in [2.05, 4.69) is 25.9 Å². The maximum Gasteiger partial charge on any atom is 0.270 e. The van der Waals surface area contributed by atoms with Crippen molar-refractivity contribution in [2.24, 2.45) is 0 Å². The molecule has 0 atom stereocenters. The first kappa shape index (κ1) is 12.4. The maximum atomic E-state index is 12.5. The lowest BCUT2D eigenvalue weighted by atomic mass is 10.2. The van der Waals surface area contributed by atoms with Gasteiger partial charge in [-0.2, -0.15) is 0 Å². The van der Waals surface area contributed by atoms with Gasteiger partial charge in [-0.25, -0.2) is 0 Å². The molecule has 19 heavy (non-hydrogen) atoms. The third kappa shape index (κ3) is 2.87. The molecule has 1 amide bonds. The fourth-order valence-electron chi connectivity index (χ4n) is 2.08. The Morgan fingerprint density at radius 2 is 2.16 bits per heavy atom. The van der Waals surface area contributed by atoms with E-state index in [1.54, 1.807) is 18.6 Å². The molecular weight excluding hydrogens is 306 g/mol. The molecule has 1 N–H and O–H groups in total. The molecule has 5 heteroatoms. The Morgan fingerprint density at radius 3 is 2.74 bits per heavy atom. The Balaban J connectivity index is 1.79. The number of nitrogens with one attached hydrogen (secondary N) is 1. The highest BCUT2D eigenvalue weighted by molar-refractivity contribution is 9.10. The summed E-state index contributed by atoms with van der Waals surface area (Å²) in [6.45, 7) is 0.642. The maximum absolute atomic E-state index is 12.5. The SMILES string of the molecule is O=C(c1cc(Br)c[nH]1)N(Cc1ccncc1)C1CC1. The summed E-state index contributed by atoms with van der Waals surface area (Å²) in [4.78, 5) is 21.4. The van der Waals surface area contributed by atoms with Crippen molar-refractivity contribution in [2.45, 2.75) is 25.4 Å². The van der Waals surface area contributed by atoms with Crippen LogP contribution in [0.4, 0.5) is 0 Å². The first-order valence-electron chi connectivity index (χ1n) is 6.28. The normalized spacial score (nSPS) is 14.4. The lowest BCUT2D eigenvalue weighted by molar-refractivity contribution is 0.0724. The van der Waals surface area contributed by atoms with E-state index < -0.39 is 0 Å². The minimum Gasteiger partial charge on any atom is -0.356 e. The van der Waals surface area contributed by atoms with Crippen LogP contribution in [-0.4, -0.2) is 26.8 Å². The van der Waals surface area contributed by atoms with Gasteiger partial charge in [-0.1, -0.05) is 0 Å². The lowest BCUT2D eigenvalue weighted by Crippen LogP contribution is -2.32. The van der Waals surface area contributed by atoms with Crippen LogP contribution < -0.4 is 0 Å². The van der Waals surface area contributed by atoms with E-state index in [4.69, 9.17) is 0 Å². The van der Waals surface area contributed by atoms with E-state index in [1.807, 2.05) is 23.1 Å². The van der Waals surface area contributed by atoms with Crippen LogP contribution in [-0.2, 0) is 6.54 Å². The van der Waals surface area contributed by atoms with Gasteiger partial charge in [0, 0.05) is 35.6 Å². The number of aromatic nitrogens is 2. The Kier molecular flexibility index (Phi) is 3.38. The first-order chi connectivity index (χ1) is 9.24. The molecule has 4 nitrogen and oxygen atoms in total. The van der Waals surface area contributed by atoms with E-state index in [0.29, 0.717) is 18.3 Å².